The summed E-state index contributed by atoms with van der Waals surface area (Å²) in [5.41, 5.74) is -0.260. The Kier molecular flexibility index (Phi) is 4.11. The summed E-state index contributed by atoms with van der Waals surface area (Å²) in [6.45, 7) is 3.85. The van der Waals surface area contributed by atoms with E-state index in [4.69, 9.17) is 0 Å². The molecule has 0 aliphatic rings. The van der Waals surface area contributed by atoms with Crippen LogP contribution in [0.3, 0.4) is 0 Å². The molecule has 0 amide bonds. The average Bonchev–Trinajstić information content (AvgIpc) is 2.46. The Morgan fingerprint density at radius 1 is 0.905 bits per heavy atom. The molecule has 0 radical (unpaired) electrons. The van der Waals surface area contributed by atoms with Gasteiger partial charge >= 0.3 is 6.18 Å². The molecule has 2 aromatic rings. The van der Waals surface area contributed by atoms with Gasteiger partial charge in [0.15, 0.2) is 5.82 Å². The molecule has 2 rings (SSSR count). The van der Waals surface area contributed by atoms with E-state index in [1.807, 2.05) is 19.9 Å². The molecule has 110 valence electrons. The van der Waals surface area contributed by atoms with Gasteiger partial charge in [-0.2, -0.15) is 13.2 Å². The zero-order valence-corrected chi connectivity index (χ0v) is 11.7. The molecule has 1 aromatic carbocycles. The van der Waals surface area contributed by atoms with Crippen LogP contribution in [-0.4, -0.2) is 9.97 Å². The molecule has 5 heteroatoms. The van der Waals surface area contributed by atoms with Gasteiger partial charge in [0.05, 0.1) is 5.56 Å². The number of nitrogens with zero attached hydrogens (tertiary/aromatic N) is 2. The third-order valence-electron chi connectivity index (χ3n) is 3.19. The van der Waals surface area contributed by atoms with E-state index in [2.05, 4.69) is 9.97 Å². The number of allylic oxidation sites excluding steroid dienone is 1. The van der Waals surface area contributed by atoms with Gasteiger partial charge in [0, 0.05) is 17.8 Å². The van der Waals surface area contributed by atoms with Gasteiger partial charge in [-0.25, -0.2) is 9.97 Å². The summed E-state index contributed by atoms with van der Waals surface area (Å²) < 4.78 is 37.7. The normalized spacial score (nSPS) is 12.8. The summed E-state index contributed by atoms with van der Waals surface area (Å²) in [5, 5.41) is 0. The van der Waals surface area contributed by atoms with Gasteiger partial charge in [-0.3, -0.25) is 0 Å². The summed E-state index contributed by atoms with van der Waals surface area (Å²) in [5.74, 6) is 0.567. The van der Waals surface area contributed by atoms with Crippen molar-refractivity contribution in [2.45, 2.75) is 25.4 Å². The predicted octanol–water partition coefficient (Wildman–Crippen LogP) is 4.49. The number of aromatic nitrogens is 2. The van der Waals surface area contributed by atoms with E-state index in [1.54, 1.807) is 24.5 Å². The largest absolute Gasteiger partial charge is 0.416 e. The number of rotatable bonds is 3. The Hall–Kier alpha value is -2.17. The van der Waals surface area contributed by atoms with Crippen LogP contribution in [0, 0.1) is 0 Å². The van der Waals surface area contributed by atoms with Crippen LogP contribution in [0.5, 0.6) is 0 Å². The fourth-order valence-corrected chi connectivity index (χ4v) is 1.86. The standard InChI is InChI=1S/C16H15F3N2/c1-15(2,9-8-14-20-10-3-11-21-14)12-4-6-13(7-5-12)16(17,18)19/h3-11H,1-2H3. The summed E-state index contributed by atoms with van der Waals surface area (Å²) in [7, 11) is 0. The molecule has 0 aliphatic carbocycles. The Balaban J connectivity index is 2.21. The van der Waals surface area contributed by atoms with Crippen molar-refractivity contribution in [2.24, 2.45) is 0 Å². The molecular formula is C16H15F3N2. The van der Waals surface area contributed by atoms with E-state index < -0.39 is 17.2 Å². The topological polar surface area (TPSA) is 25.8 Å². The predicted molar refractivity (Wildman–Crippen MR) is 75.5 cm³/mol. The lowest BCUT2D eigenvalue weighted by Crippen LogP contribution is -2.14. The van der Waals surface area contributed by atoms with Crippen molar-refractivity contribution in [1.29, 1.82) is 0 Å². The SMILES string of the molecule is CC(C)(C=Cc1ncccn1)c1ccc(C(F)(F)F)cc1. The van der Waals surface area contributed by atoms with Crippen molar-refractivity contribution in [1.82, 2.24) is 9.97 Å². The van der Waals surface area contributed by atoms with E-state index in [9.17, 15) is 13.2 Å². The molecule has 2 nitrogen and oxygen atoms in total. The van der Waals surface area contributed by atoms with Gasteiger partial charge in [0.2, 0.25) is 0 Å². The lowest BCUT2D eigenvalue weighted by atomic mass is 9.84. The molecule has 1 aromatic heterocycles. The highest BCUT2D eigenvalue weighted by molar-refractivity contribution is 5.45. The van der Waals surface area contributed by atoms with E-state index in [-0.39, 0.29) is 0 Å². The van der Waals surface area contributed by atoms with E-state index in [0.29, 0.717) is 5.82 Å². The van der Waals surface area contributed by atoms with Crippen LogP contribution >= 0.6 is 0 Å². The molecule has 0 saturated heterocycles. The molecule has 0 saturated carbocycles. The maximum atomic E-state index is 12.6. The number of hydrogen-bond donors (Lipinski definition) is 0. The van der Waals surface area contributed by atoms with E-state index in [0.717, 1.165) is 17.7 Å². The van der Waals surface area contributed by atoms with Crippen molar-refractivity contribution in [3.8, 4) is 0 Å². The highest BCUT2D eigenvalue weighted by Crippen LogP contribution is 2.32. The van der Waals surface area contributed by atoms with Gasteiger partial charge in [-0.15, -0.1) is 0 Å². The molecule has 0 N–H and O–H groups in total. The monoisotopic (exact) mass is 292 g/mol. The first kappa shape index (κ1) is 15.2. The molecule has 0 unspecified atom stereocenters. The minimum absolute atomic E-state index is 0.413. The number of hydrogen-bond acceptors (Lipinski definition) is 2. The van der Waals surface area contributed by atoms with Crippen molar-refractivity contribution in [2.75, 3.05) is 0 Å². The summed E-state index contributed by atoms with van der Waals surface area (Å²) in [6, 6.07) is 6.92. The molecule has 0 atom stereocenters. The minimum atomic E-state index is -4.31. The van der Waals surface area contributed by atoms with Gasteiger partial charge in [0.25, 0.3) is 0 Å². The van der Waals surface area contributed by atoms with Crippen LogP contribution in [0.15, 0.2) is 48.8 Å². The summed E-state index contributed by atoms with van der Waals surface area (Å²) in [4.78, 5) is 8.15. The fraction of sp³-hybridized carbons (Fsp3) is 0.250. The average molecular weight is 292 g/mol. The molecule has 0 spiro atoms. The second-order valence-electron chi connectivity index (χ2n) is 5.24. The van der Waals surface area contributed by atoms with Crippen LogP contribution in [0.1, 0.15) is 30.8 Å². The second-order valence-corrected chi connectivity index (χ2v) is 5.24. The van der Waals surface area contributed by atoms with Crippen LogP contribution in [0.4, 0.5) is 13.2 Å². The highest BCUT2D eigenvalue weighted by Gasteiger charge is 2.30. The minimum Gasteiger partial charge on any atom is -0.237 e. The second kappa shape index (κ2) is 5.68. The van der Waals surface area contributed by atoms with Crippen LogP contribution < -0.4 is 0 Å². The van der Waals surface area contributed by atoms with Crippen molar-refractivity contribution in [3.63, 3.8) is 0 Å². The fourth-order valence-electron chi connectivity index (χ4n) is 1.86. The first-order valence-electron chi connectivity index (χ1n) is 6.43. The smallest absolute Gasteiger partial charge is 0.237 e. The van der Waals surface area contributed by atoms with Crippen molar-refractivity contribution < 1.29 is 13.2 Å². The molecule has 21 heavy (non-hydrogen) atoms. The number of benzene rings is 1. The Labute approximate surface area is 121 Å². The molecule has 0 bridgehead atoms. The molecule has 1 heterocycles. The quantitative estimate of drug-likeness (QED) is 0.833. The molecule has 0 aliphatic heterocycles. The van der Waals surface area contributed by atoms with Crippen LogP contribution in [0.2, 0.25) is 0 Å². The van der Waals surface area contributed by atoms with Crippen LogP contribution in [-0.2, 0) is 11.6 Å². The first-order chi connectivity index (χ1) is 9.79. The summed E-state index contributed by atoms with van der Waals surface area (Å²) in [6.07, 6.45) is 2.61. The number of halogens is 3. The lowest BCUT2D eigenvalue weighted by Gasteiger charge is -2.21. The van der Waals surface area contributed by atoms with Gasteiger partial charge < -0.3 is 0 Å². The summed E-state index contributed by atoms with van der Waals surface area (Å²) >= 11 is 0. The maximum Gasteiger partial charge on any atom is 0.416 e. The van der Waals surface area contributed by atoms with Crippen molar-refractivity contribution >= 4 is 6.08 Å². The van der Waals surface area contributed by atoms with E-state index >= 15 is 0 Å². The highest BCUT2D eigenvalue weighted by atomic mass is 19.4. The van der Waals surface area contributed by atoms with Gasteiger partial charge in [0.1, 0.15) is 0 Å². The Morgan fingerprint density at radius 3 is 1.95 bits per heavy atom. The first-order valence-corrected chi connectivity index (χ1v) is 6.43. The van der Waals surface area contributed by atoms with Crippen LogP contribution in [0.25, 0.3) is 6.08 Å². The van der Waals surface area contributed by atoms with Crippen molar-refractivity contribution in [3.05, 3.63) is 65.8 Å². The Morgan fingerprint density at radius 2 is 1.43 bits per heavy atom. The zero-order chi connectivity index (χ0) is 15.5. The third kappa shape index (κ3) is 3.90. The van der Waals surface area contributed by atoms with Gasteiger partial charge in [-0.1, -0.05) is 32.1 Å². The zero-order valence-electron chi connectivity index (χ0n) is 11.7. The lowest BCUT2D eigenvalue weighted by molar-refractivity contribution is -0.137. The molecular weight excluding hydrogens is 277 g/mol. The third-order valence-corrected chi connectivity index (χ3v) is 3.19. The number of alkyl halides is 3. The maximum absolute atomic E-state index is 12.6. The van der Waals surface area contributed by atoms with E-state index in [1.165, 1.54) is 12.1 Å². The Bertz CT molecular complexity index is 614. The molecule has 0 fully saturated rings. The van der Waals surface area contributed by atoms with Gasteiger partial charge in [-0.05, 0) is 29.8 Å².